The summed E-state index contributed by atoms with van der Waals surface area (Å²) in [7, 11) is 2.65. The van der Waals surface area contributed by atoms with E-state index in [4.69, 9.17) is 23.2 Å². The first-order valence-corrected chi connectivity index (χ1v) is 9.01. The van der Waals surface area contributed by atoms with Gasteiger partial charge in [0.05, 0.1) is 24.4 Å². The largest absolute Gasteiger partial charge is 0.463 e. The van der Waals surface area contributed by atoms with Gasteiger partial charge in [-0.1, -0.05) is 47.5 Å². The van der Waals surface area contributed by atoms with E-state index in [2.05, 4.69) is 10.1 Å². The minimum absolute atomic E-state index is 0.0959. The summed E-state index contributed by atoms with van der Waals surface area (Å²) < 4.78 is 4.64. The lowest BCUT2D eigenvalue weighted by Crippen LogP contribution is -2.46. The Bertz CT molecular complexity index is 969. The fourth-order valence-corrected chi connectivity index (χ4v) is 3.27. The molecule has 0 aromatic heterocycles. The van der Waals surface area contributed by atoms with Gasteiger partial charge in [-0.05, 0) is 35.4 Å². The van der Waals surface area contributed by atoms with Gasteiger partial charge in [0.25, 0.3) is 5.78 Å². The van der Waals surface area contributed by atoms with Crippen molar-refractivity contribution in [2.75, 3.05) is 14.2 Å². The highest BCUT2D eigenvalue weighted by molar-refractivity contribution is 6.42. The van der Waals surface area contributed by atoms with Crippen molar-refractivity contribution >= 4 is 46.7 Å². The van der Waals surface area contributed by atoms with Crippen molar-refractivity contribution in [3.63, 3.8) is 0 Å². The van der Waals surface area contributed by atoms with Crippen LogP contribution >= 0.6 is 23.2 Å². The summed E-state index contributed by atoms with van der Waals surface area (Å²) in [4.78, 5) is 38.9. The molecular weight excluding hydrogens is 403 g/mol. The molecule has 1 aliphatic heterocycles. The highest BCUT2D eigenvalue weighted by atomic mass is 35.5. The molecule has 0 saturated heterocycles. The molecule has 2 aromatic rings. The van der Waals surface area contributed by atoms with Gasteiger partial charge in [0.1, 0.15) is 0 Å². The topological polar surface area (TPSA) is 75.7 Å². The predicted octanol–water partition coefficient (Wildman–Crippen LogP) is 3.84. The number of hydrogen-bond donors (Lipinski definition) is 1. The third-order valence-electron chi connectivity index (χ3n) is 4.39. The van der Waals surface area contributed by atoms with E-state index in [1.165, 1.54) is 11.9 Å². The van der Waals surface area contributed by atoms with E-state index in [1.54, 1.807) is 48.5 Å². The summed E-state index contributed by atoms with van der Waals surface area (Å²) in [5.41, 5.74) is 1.56. The van der Waals surface area contributed by atoms with Gasteiger partial charge >= 0.3 is 12.0 Å². The molecule has 0 spiro atoms. The Morgan fingerprint density at radius 1 is 1.00 bits per heavy atom. The van der Waals surface area contributed by atoms with Crippen molar-refractivity contribution < 1.29 is 19.1 Å². The minimum atomic E-state index is -1.02. The summed E-state index contributed by atoms with van der Waals surface area (Å²) in [5.74, 6) is -1.87. The second-order valence-electron chi connectivity index (χ2n) is 6.08. The normalized spacial score (nSPS) is 16.6. The lowest BCUT2D eigenvalue weighted by molar-refractivity contribution is -0.150. The van der Waals surface area contributed by atoms with Crippen molar-refractivity contribution in [2.45, 2.75) is 6.04 Å². The van der Waals surface area contributed by atoms with E-state index in [9.17, 15) is 14.4 Å². The Morgan fingerprint density at radius 2 is 1.54 bits per heavy atom. The number of ether oxygens (including phenoxy) is 1. The number of amides is 2. The summed E-state index contributed by atoms with van der Waals surface area (Å²) in [6.45, 7) is 0. The Morgan fingerprint density at radius 3 is 2.07 bits per heavy atom. The van der Waals surface area contributed by atoms with Crippen molar-refractivity contribution in [1.29, 1.82) is 0 Å². The fourth-order valence-electron chi connectivity index (χ4n) is 3.01. The SMILES string of the molecule is COC(=O)C(=O)C1=C(c2ccc(Cl)cc2)N(C)C(=O)N[C@H]1c1ccc(Cl)cc1. The first-order chi connectivity index (χ1) is 13.3. The number of hydrogen-bond acceptors (Lipinski definition) is 4. The Hall–Kier alpha value is -2.83. The second kappa shape index (κ2) is 8.04. The van der Waals surface area contributed by atoms with Crippen LogP contribution in [0, 0.1) is 0 Å². The molecule has 6 nitrogen and oxygen atoms in total. The Balaban J connectivity index is 2.27. The van der Waals surface area contributed by atoms with E-state index < -0.39 is 23.8 Å². The molecule has 0 fully saturated rings. The van der Waals surface area contributed by atoms with E-state index in [-0.39, 0.29) is 5.57 Å². The van der Waals surface area contributed by atoms with Gasteiger partial charge in [-0.25, -0.2) is 9.59 Å². The molecule has 28 heavy (non-hydrogen) atoms. The summed E-state index contributed by atoms with van der Waals surface area (Å²) in [5, 5.41) is 3.76. The number of urea groups is 1. The van der Waals surface area contributed by atoms with E-state index in [0.717, 1.165) is 7.11 Å². The maximum absolute atomic E-state index is 12.9. The fraction of sp³-hybridized carbons (Fsp3) is 0.150. The number of carbonyl (C=O) groups excluding carboxylic acids is 3. The van der Waals surface area contributed by atoms with Crippen LogP contribution in [0.4, 0.5) is 4.79 Å². The van der Waals surface area contributed by atoms with Gasteiger partial charge in [0.2, 0.25) is 0 Å². The lowest BCUT2D eigenvalue weighted by atomic mass is 9.89. The van der Waals surface area contributed by atoms with Gasteiger partial charge < -0.3 is 10.1 Å². The van der Waals surface area contributed by atoms with E-state index in [1.807, 2.05) is 0 Å². The van der Waals surface area contributed by atoms with Gasteiger partial charge in [0.15, 0.2) is 0 Å². The minimum Gasteiger partial charge on any atom is -0.463 e. The molecule has 0 bridgehead atoms. The van der Waals surface area contributed by atoms with Gasteiger partial charge in [-0.15, -0.1) is 0 Å². The molecule has 8 heteroatoms. The number of carbonyl (C=O) groups is 3. The van der Waals surface area contributed by atoms with Crippen LogP contribution in [-0.2, 0) is 14.3 Å². The van der Waals surface area contributed by atoms with Crippen molar-refractivity contribution in [3.05, 3.63) is 75.3 Å². The van der Waals surface area contributed by atoms with Gasteiger partial charge in [-0.2, -0.15) is 0 Å². The molecule has 144 valence electrons. The average Bonchev–Trinajstić information content (AvgIpc) is 2.70. The Labute approximate surface area is 171 Å². The molecule has 2 aromatic carbocycles. The molecule has 0 aliphatic carbocycles. The number of Topliss-reactive ketones (excluding diaryl/α,β-unsaturated/α-hetero) is 1. The molecule has 3 rings (SSSR count). The van der Waals surface area contributed by atoms with Crippen molar-refractivity contribution in [3.8, 4) is 0 Å². The quantitative estimate of drug-likeness (QED) is 0.604. The van der Waals surface area contributed by atoms with Crippen LogP contribution in [0.3, 0.4) is 0 Å². The summed E-state index contributed by atoms with van der Waals surface area (Å²) in [6, 6.07) is 12.0. The molecule has 0 unspecified atom stereocenters. The van der Waals surface area contributed by atoms with Crippen LogP contribution in [-0.4, -0.2) is 36.8 Å². The standard InChI is InChI=1S/C20H16Cl2N2O4/c1-24-17(12-5-9-14(22)10-6-12)15(18(25)19(26)28-2)16(23-20(24)27)11-3-7-13(21)8-4-11/h3-10,16H,1-2H3,(H,23,27)/t16-/m0/s1. The zero-order valence-corrected chi connectivity index (χ0v) is 16.5. The van der Waals surface area contributed by atoms with Crippen molar-refractivity contribution in [1.82, 2.24) is 10.2 Å². The number of rotatable bonds is 4. The number of esters is 1. The summed E-state index contributed by atoms with van der Waals surface area (Å²) in [6.07, 6.45) is 0. The Kier molecular flexibility index (Phi) is 5.72. The van der Waals surface area contributed by atoms with E-state index in [0.29, 0.717) is 26.9 Å². The first-order valence-electron chi connectivity index (χ1n) is 8.26. The van der Waals surface area contributed by atoms with Crippen LogP contribution < -0.4 is 5.32 Å². The molecule has 1 atom stereocenters. The predicted molar refractivity (Wildman–Crippen MR) is 106 cm³/mol. The molecule has 1 N–H and O–H groups in total. The number of nitrogens with one attached hydrogen (secondary N) is 1. The van der Waals surface area contributed by atoms with E-state index >= 15 is 0 Å². The van der Waals surface area contributed by atoms with Crippen LogP contribution in [0.15, 0.2) is 54.1 Å². The van der Waals surface area contributed by atoms with Crippen LogP contribution in [0.5, 0.6) is 0 Å². The monoisotopic (exact) mass is 418 g/mol. The molecule has 1 aliphatic rings. The summed E-state index contributed by atoms with van der Waals surface area (Å²) >= 11 is 11.9. The number of nitrogens with zero attached hydrogens (tertiary/aromatic N) is 1. The second-order valence-corrected chi connectivity index (χ2v) is 6.96. The zero-order valence-electron chi connectivity index (χ0n) is 15.0. The maximum Gasteiger partial charge on any atom is 0.379 e. The van der Waals surface area contributed by atoms with Crippen LogP contribution in [0.25, 0.3) is 5.70 Å². The zero-order chi connectivity index (χ0) is 20.4. The van der Waals surface area contributed by atoms with Gasteiger partial charge in [-0.3, -0.25) is 9.69 Å². The van der Waals surface area contributed by atoms with Crippen molar-refractivity contribution in [2.24, 2.45) is 0 Å². The van der Waals surface area contributed by atoms with Gasteiger partial charge in [0, 0.05) is 17.1 Å². The van der Waals surface area contributed by atoms with Crippen LogP contribution in [0.2, 0.25) is 10.0 Å². The molecule has 0 saturated carbocycles. The third kappa shape index (κ3) is 3.74. The molecule has 1 heterocycles. The lowest BCUT2D eigenvalue weighted by Gasteiger charge is -2.35. The molecule has 0 radical (unpaired) electrons. The number of ketones is 1. The number of benzene rings is 2. The highest BCUT2D eigenvalue weighted by Gasteiger charge is 2.39. The highest BCUT2D eigenvalue weighted by Crippen LogP contribution is 2.36. The van der Waals surface area contributed by atoms with Crippen LogP contribution in [0.1, 0.15) is 17.2 Å². The molecule has 2 amide bonds. The smallest absolute Gasteiger partial charge is 0.379 e. The molecular formula is C20H16Cl2N2O4. The third-order valence-corrected chi connectivity index (χ3v) is 4.89. The average molecular weight is 419 g/mol. The first kappa shape index (κ1) is 19.9. The number of halogens is 2. The maximum atomic E-state index is 12.9. The number of methoxy groups -OCH3 is 1.